The molecular formula is C134H92. The topological polar surface area (TPSA) is 0 Å². The van der Waals surface area contributed by atoms with E-state index in [1.54, 1.807) is 0 Å². The van der Waals surface area contributed by atoms with E-state index in [0.717, 1.165) is 156 Å². The first-order valence-electron chi connectivity index (χ1n) is 46.4. The molecule has 0 heterocycles. The molecule has 0 saturated carbocycles. The lowest BCUT2D eigenvalue weighted by molar-refractivity contribution is 0.770. The largest absolute Gasteiger partial charge is 0.0714 e. The van der Waals surface area contributed by atoms with E-state index in [2.05, 4.69) is 547 Å². The molecule has 0 nitrogen and oxygen atoms in total. The molecule has 0 atom stereocenters. The van der Waals surface area contributed by atoms with Crippen LogP contribution in [0.5, 0.6) is 0 Å². The summed E-state index contributed by atoms with van der Waals surface area (Å²) < 4.78 is 0. The smallest absolute Gasteiger partial charge is 0.0622 e. The predicted molar refractivity (Wildman–Crippen MR) is 566 cm³/mol. The minimum atomic E-state index is -1.08. The minimum absolute atomic E-state index is 1.08. The fourth-order valence-corrected chi connectivity index (χ4v) is 20.5. The Morgan fingerprint density at radius 3 is 0.537 bits per heavy atom. The standard InChI is InChI=1S/C134H92/c1-91-36-29-30-63-128(91)129-64-35-65-131-133(129)130-67-66-109(92-37-11-2-12-38-92)90-132(130)134(131,126-86-122(105-59-31-55-101(68-105)118-76-110(93-39-13-3-14-40-93)72-111(77-118)94-41-15-4-16-42-94)84-123(87-126)106-60-32-56-102(69-106)119-78-112(95-43-17-5-18-44-95)73-113(79-119)96-45-19-6-20-46-96)127-88-124(107-61-33-57-103(70-107)120-80-114(97-47-21-7-22-48-97)74-115(81-120)98-49-23-8-24-50-98)85-125(89-127)108-62-34-58-104(71-108)121-82-116(99-51-25-9-26-52-99)75-117(83-121)100-53-27-10-28-54-100/h2-90H,1H3. The highest BCUT2D eigenvalue weighted by molar-refractivity contribution is 6.00. The van der Waals surface area contributed by atoms with E-state index in [-0.39, 0.29) is 0 Å². The summed E-state index contributed by atoms with van der Waals surface area (Å²) in [7, 11) is 0. The molecule has 0 radical (unpaired) electrons. The van der Waals surface area contributed by atoms with Gasteiger partial charge in [0, 0.05) is 0 Å². The van der Waals surface area contributed by atoms with Crippen molar-refractivity contribution in [1.29, 1.82) is 0 Å². The molecule has 0 bridgehead atoms. The van der Waals surface area contributed by atoms with Gasteiger partial charge in [-0.3, -0.25) is 0 Å². The van der Waals surface area contributed by atoms with Crippen molar-refractivity contribution in [3.8, 4) is 211 Å². The second-order valence-corrected chi connectivity index (χ2v) is 35.5. The van der Waals surface area contributed by atoms with E-state index in [0.29, 0.717) is 0 Å². The molecule has 0 N–H and O–H groups in total. The molecule has 0 spiro atoms. The van der Waals surface area contributed by atoms with Crippen LogP contribution < -0.4 is 0 Å². The van der Waals surface area contributed by atoms with Gasteiger partial charge in [0.1, 0.15) is 0 Å². The minimum Gasteiger partial charge on any atom is -0.0622 e. The molecule has 0 saturated heterocycles. The first-order chi connectivity index (χ1) is 66.2. The van der Waals surface area contributed by atoms with Crippen molar-refractivity contribution in [1.82, 2.24) is 0 Å². The molecule has 134 heavy (non-hydrogen) atoms. The number of hydrogen-bond acceptors (Lipinski definition) is 0. The van der Waals surface area contributed by atoms with Crippen LogP contribution in [0.25, 0.3) is 211 Å². The quantitative estimate of drug-likeness (QED) is 0.0713. The number of hydrogen-bond donors (Lipinski definition) is 0. The maximum atomic E-state index is 2.58. The van der Waals surface area contributed by atoms with Crippen LogP contribution in [-0.2, 0) is 5.41 Å². The molecular weight excluding hydrogens is 1610 g/mol. The van der Waals surface area contributed by atoms with Gasteiger partial charge in [0.05, 0.1) is 5.41 Å². The summed E-state index contributed by atoms with van der Waals surface area (Å²) >= 11 is 0. The lowest BCUT2D eigenvalue weighted by Gasteiger charge is -2.36. The third-order valence-corrected chi connectivity index (χ3v) is 27.1. The number of rotatable bonds is 20. The summed E-state index contributed by atoms with van der Waals surface area (Å²) in [6.45, 7) is 2.27. The molecule has 0 amide bonds. The average molecular weight is 1700 g/mol. The van der Waals surface area contributed by atoms with Crippen LogP contribution >= 0.6 is 0 Å². The molecule has 1 aliphatic carbocycles. The summed E-state index contributed by atoms with van der Waals surface area (Å²) in [6.07, 6.45) is 0. The summed E-state index contributed by atoms with van der Waals surface area (Å²) in [6, 6.07) is 202. The van der Waals surface area contributed by atoms with Crippen molar-refractivity contribution in [2.24, 2.45) is 0 Å². The van der Waals surface area contributed by atoms with Crippen LogP contribution in [0.4, 0.5) is 0 Å². The Bertz CT molecular complexity index is 7100. The van der Waals surface area contributed by atoms with Crippen molar-refractivity contribution in [2.45, 2.75) is 12.3 Å². The Hall–Kier alpha value is -17.2. The summed E-state index contributed by atoms with van der Waals surface area (Å²) in [5.41, 5.74) is 48.2. The second-order valence-electron chi connectivity index (χ2n) is 35.5. The lowest BCUT2D eigenvalue weighted by atomic mass is 9.65. The average Bonchev–Trinajstić information content (AvgIpc) is 1.52. The molecule has 0 aliphatic heterocycles. The Morgan fingerprint density at radius 2 is 0.291 bits per heavy atom. The molecule has 22 aromatic rings. The third-order valence-electron chi connectivity index (χ3n) is 27.1. The van der Waals surface area contributed by atoms with Gasteiger partial charge in [0.25, 0.3) is 0 Å². The zero-order chi connectivity index (χ0) is 89.3. The number of benzene rings is 22. The summed E-state index contributed by atoms with van der Waals surface area (Å²) in [5, 5.41) is 0. The SMILES string of the molecule is Cc1ccccc1-c1cccc2c1-c1ccc(-c3ccccc3)cc1C2(c1cc(-c2cccc(-c3cc(-c4ccccc4)cc(-c4ccccc4)c3)c2)cc(-c2cccc(-c3cc(-c4ccccc4)cc(-c4ccccc4)c3)c2)c1)c1cc(-c2cccc(-c3cc(-c4ccccc4)cc(-c4ccccc4)c3)c2)cc(-c2cccc(-c3cc(-c4ccccc4)cc(-c4ccccc4)c3)c2)c1. The zero-order valence-electron chi connectivity index (χ0n) is 74.4. The fraction of sp³-hybridized carbons (Fsp3) is 0.0149. The van der Waals surface area contributed by atoms with E-state index >= 15 is 0 Å². The van der Waals surface area contributed by atoms with Crippen LogP contribution in [0.2, 0.25) is 0 Å². The van der Waals surface area contributed by atoms with Gasteiger partial charge in [-0.1, -0.05) is 400 Å². The zero-order valence-corrected chi connectivity index (χ0v) is 74.4. The van der Waals surface area contributed by atoms with Crippen molar-refractivity contribution in [3.05, 3.63) is 568 Å². The van der Waals surface area contributed by atoms with Crippen LogP contribution in [0.1, 0.15) is 27.8 Å². The van der Waals surface area contributed by atoms with Gasteiger partial charge >= 0.3 is 0 Å². The molecule has 1 aliphatic rings. The summed E-state index contributed by atoms with van der Waals surface area (Å²) in [5.74, 6) is 0. The Labute approximate surface area is 785 Å². The molecule has 0 fully saturated rings. The van der Waals surface area contributed by atoms with Gasteiger partial charge in [0.15, 0.2) is 0 Å². The maximum Gasteiger partial charge on any atom is 0.0714 e. The highest BCUT2D eigenvalue weighted by atomic mass is 14.5. The number of aryl methyl sites for hydroxylation is 1. The molecule has 0 unspecified atom stereocenters. The van der Waals surface area contributed by atoms with Crippen molar-refractivity contribution in [3.63, 3.8) is 0 Å². The first-order valence-corrected chi connectivity index (χ1v) is 46.4. The van der Waals surface area contributed by atoms with Crippen LogP contribution in [0.3, 0.4) is 0 Å². The predicted octanol–water partition coefficient (Wildman–Crippen LogP) is 36.4. The summed E-state index contributed by atoms with van der Waals surface area (Å²) in [4.78, 5) is 0. The van der Waals surface area contributed by atoms with Gasteiger partial charge in [-0.15, -0.1) is 0 Å². The Kier molecular flexibility index (Phi) is 21.7. The van der Waals surface area contributed by atoms with Gasteiger partial charge in [-0.25, -0.2) is 0 Å². The monoisotopic (exact) mass is 1700 g/mol. The van der Waals surface area contributed by atoms with E-state index in [4.69, 9.17) is 0 Å². The van der Waals surface area contributed by atoms with Crippen LogP contribution in [0.15, 0.2) is 540 Å². The lowest BCUT2D eigenvalue weighted by Crippen LogP contribution is -2.29. The molecule has 628 valence electrons. The van der Waals surface area contributed by atoms with Crippen molar-refractivity contribution >= 4 is 0 Å². The van der Waals surface area contributed by atoms with E-state index < -0.39 is 5.41 Å². The molecule has 0 heteroatoms. The third kappa shape index (κ3) is 16.0. The first kappa shape index (κ1) is 81.3. The molecule has 23 rings (SSSR count). The highest BCUT2D eigenvalue weighted by Crippen LogP contribution is 2.61. The fourth-order valence-electron chi connectivity index (χ4n) is 20.5. The van der Waals surface area contributed by atoms with Crippen LogP contribution in [0, 0.1) is 6.92 Å². The number of fused-ring (bicyclic) bond motifs is 3. The molecule has 0 aromatic heterocycles. The Morgan fingerprint density at radius 1 is 0.112 bits per heavy atom. The van der Waals surface area contributed by atoms with Gasteiger partial charge in [-0.05, 0) is 386 Å². The molecule has 22 aromatic carbocycles. The maximum absolute atomic E-state index is 2.58. The Balaban J connectivity index is 0.823. The van der Waals surface area contributed by atoms with Crippen molar-refractivity contribution in [2.75, 3.05) is 0 Å². The van der Waals surface area contributed by atoms with E-state index in [1.807, 2.05) is 0 Å². The highest BCUT2D eigenvalue weighted by Gasteiger charge is 2.48. The van der Waals surface area contributed by atoms with Crippen LogP contribution in [-0.4, -0.2) is 0 Å². The van der Waals surface area contributed by atoms with Crippen molar-refractivity contribution < 1.29 is 0 Å². The van der Waals surface area contributed by atoms with Gasteiger partial charge in [-0.2, -0.15) is 0 Å². The normalized spacial score (nSPS) is 11.8. The second kappa shape index (κ2) is 35.7. The van der Waals surface area contributed by atoms with Gasteiger partial charge in [0.2, 0.25) is 0 Å². The van der Waals surface area contributed by atoms with Gasteiger partial charge < -0.3 is 0 Å². The van der Waals surface area contributed by atoms with E-state index in [1.165, 1.54) is 83.5 Å². The van der Waals surface area contributed by atoms with E-state index in [9.17, 15) is 0 Å².